The number of benzene rings is 1. The fourth-order valence-corrected chi connectivity index (χ4v) is 1.30. The predicted octanol–water partition coefficient (Wildman–Crippen LogP) is 2.14. The molecule has 0 aliphatic rings. The summed E-state index contributed by atoms with van der Waals surface area (Å²) in [5.74, 6) is 5.63. The van der Waals surface area contributed by atoms with Gasteiger partial charge in [0.2, 0.25) is 0 Å². The zero-order valence-corrected chi connectivity index (χ0v) is 8.59. The lowest BCUT2D eigenvalue weighted by Gasteiger charge is -1.97. The highest BCUT2D eigenvalue weighted by Gasteiger charge is 1.96. The van der Waals surface area contributed by atoms with E-state index in [-0.39, 0.29) is 6.42 Å². The Labute approximate surface area is 93.9 Å². The van der Waals surface area contributed by atoms with Crippen molar-refractivity contribution in [3.8, 4) is 23.6 Å². The minimum Gasteiger partial charge on any atom is -0.240 e. The van der Waals surface area contributed by atoms with Gasteiger partial charge in [-0.05, 0) is 12.1 Å². The van der Waals surface area contributed by atoms with Gasteiger partial charge in [-0.2, -0.15) is 10.4 Å². The fourth-order valence-electron chi connectivity index (χ4n) is 1.30. The van der Waals surface area contributed by atoms with Crippen molar-refractivity contribution in [2.75, 3.05) is 0 Å². The van der Waals surface area contributed by atoms with Gasteiger partial charge in [0.1, 0.15) is 0 Å². The Bertz CT molecular complexity index is 564. The van der Waals surface area contributed by atoms with Crippen LogP contribution in [0, 0.1) is 23.2 Å². The summed E-state index contributed by atoms with van der Waals surface area (Å²) in [7, 11) is 0. The summed E-state index contributed by atoms with van der Waals surface area (Å²) in [6, 6.07) is 11.8. The zero-order chi connectivity index (χ0) is 11.2. The molecule has 16 heavy (non-hydrogen) atoms. The highest BCUT2D eigenvalue weighted by Crippen LogP contribution is 2.06. The number of nitrogens with zero attached hydrogens (tertiary/aromatic N) is 3. The topological polar surface area (TPSA) is 41.6 Å². The number of hydrogen-bond acceptors (Lipinski definition) is 2. The third kappa shape index (κ3) is 2.29. The minimum absolute atomic E-state index is 0.247. The van der Waals surface area contributed by atoms with Crippen molar-refractivity contribution in [1.29, 1.82) is 5.26 Å². The molecule has 0 unspecified atom stereocenters. The quantitative estimate of drug-likeness (QED) is 0.672. The van der Waals surface area contributed by atoms with Crippen LogP contribution >= 0.6 is 0 Å². The number of nitriles is 1. The molecule has 1 heterocycles. The Morgan fingerprint density at radius 1 is 1.25 bits per heavy atom. The van der Waals surface area contributed by atoms with E-state index in [1.165, 1.54) is 0 Å². The number of para-hydroxylation sites is 1. The summed E-state index contributed by atoms with van der Waals surface area (Å²) in [6.07, 6.45) is 3.79. The Kier molecular flexibility index (Phi) is 3.01. The maximum absolute atomic E-state index is 8.35. The van der Waals surface area contributed by atoms with Crippen LogP contribution in [0.1, 0.15) is 12.0 Å². The van der Waals surface area contributed by atoms with Crippen LogP contribution in [0.3, 0.4) is 0 Å². The summed E-state index contributed by atoms with van der Waals surface area (Å²) in [5.41, 5.74) is 1.81. The Hall–Kier alpha value is -2.52. The van der Waals surface area contributed by atoms with Crippen LogP contribution in [0.2, 0.25) is 0 Å². The van der Waals surface area contributed by atoms with Crippen molar-refractivity contribution in [3.63, 3.8) is 0 Å². The van der Waals surface area contributed by atoms with Crippen molar-refractivity contribution in [1.82, 2.24) is 9.78 Å². The molecule has 1 aromatic carbocycles. The summed E-state index contributed by atoms with van der Waals surface area (Å²) in [5, 5.41) is 12.6. The molecule has 0 N–H and O–H groups in total. The lowest BCUT2D eigenvalue weighted by atomic mass is 10.3. The van der Waals surface area contributed by atoms with E-state index in [1.54, 1.807) is 10.9 Å². The molecule has 0 aliphatic heterocycles. The lowest BCUT2D eigenvalue weighted by Crippen LogP contribution is -1.92. The van der Waals surface area contributed by atoms with E-state index in [9.17, 15) is 0 Å². The monoisotopic (exact) mass is 207 g/mol. The van der Waals surface area contributed by atoms with Crippen LogP contribution in [0.4, 0.5) is 0 Å². The van der Waals surface area contributed by atoms with Gasteiger partial charge in [0.25, 0.3) is 0 Å². The average Bonchev–Trinajstić information content (AvgIpc) is 2.79. The van der Waals surface area contributed by atoms with Crippen molar-refractivity contribution in [3.05, 3.63) is 48.3 Å². The molecule has 0 saturated heterocycles. The summed E-state index contributed by atoms with van der Waals surface area (Å²) in [6.45, 7) is 0. The summed E-state index contributed by atoms with van der Waals surface area (Å²) >= 11 is 0. The lowest BCUT2D eigenvalue weighted by molar-refractivity contribution is 0.880. The van der Waals surface area contributed by atoms with Gasteiger partial charge in [0, 0.05) is 6.20 Å². The van der Waals surface area contributed by atoms with E-state index >= 15 is 0 Å². The van der Waals surface area contributed by atoms with Crippen molar-refractivity contribution >= 4 is 0 Å². The Balaban J connectivity index is 2.22. The van der Waals surface area contributed by atoms with Crippen LogP contribution in [0.25, 0.3) is 5.69 Å². The highest BCUT2D eigenvalue weighted by molar-refractivity contribution is 5.36. The van der Waals surface area contributed by atoms with Gasteiger partial charge in [0.05, 0.1) is 29.9 Å². The molecular formula is C13H9N3. The summed E-state index contributed by atoms with van der Waals surface area (Å²) < 4.78 is 1.76. The molecule has 0 radical (unpaired) electrons. The average molecular weight is 207 g/mol. The predicted molar refractivity (Wildman–Crippen MR) is 60.7 cm³/mol. The standard InChI is InChI=1S/C13H9N3/c14-9-5-4-6-12-10-15-16(11-12)13-7-2-1-3-8-13/h1-3,7-8,10-11H,5H2. The first kappa shape index (κ1) is 10.0. The largest absolute Gasteiger partial charge is 0.240 e. The maximum Gasteiger partial charge on any atom is 0.0966 e. The number of hydrogen-bond donors (Lipinski definition) is 0. The second-order valence-electron chi connectivity index (χ2n) is 3.15. The number of rotatable bonds is 1. The Morgan fingerprint density at radius 2 is 2.06 bits per heavy atom. The van der Waals surface area contributed by atoms with E-state index in [0.29, 0.717) is 0 Å². The van der Waals surface area contributed by atoms with Crippen LogP contribution in [-0.2, 0) is 0 Å². The van der Waals surface area contributed by atoms with Gasteiger partial charge < -0.3 is 0 Å². The molecule has 2 rings (SSSR count). The molecule has 1 aromatic heterocycles. The third-order valence-corrected chi connectivity index (χ3v) is 2.00. The van der Waals surface area contributed by atoms with Crippen LogP contribution in [0.5, 0.6) is 0 Å². The fraction of sp³-hybridized carbons (Fsp3) is 0.0769. The summed E-state index contributed by atoms with van der Waals surface area (Å²) in [4.78, 5) is 0. The second-order valence-corrected chi connectivity index (χ2v) is 3.15. The molecular weight excluding hydrogens is 198 g/mol. The van der Waals surface area contributed by atoms with Gasteiger partial charge in [-0.25, -0.2) is 4.68 Å². The van der Waals surface area contributed by atoms with Gasteiger partial charge in [-0.15, -0.1) is 0 Å². The first-order valence-electron chi connectivity index (χ1n) is 4.86. The van der Waals surface area contributed by atoms with Gasteiger partial charge in [0.15, 0.2) is 0 Å². The molecule has 3 nitrogen and oxygen atoms in total. The van der Waals surface area contributed by atoms with E-state index in [0.717, 1.165) is 11.3 Å². The minimum atomic E-state index is 0.247. The third-order valence-electron chi connectivity index (χ3n) is 2.00. The first-order valence-corrected chi connectivity index (χ1v) is 4.86. The SMILES string of the molecule is N#CCC#Cc1cnn(-c2ccccc2)c1. The van der Waals surface area contributed by atoms with E-state index in [4.69, 9.17) is 5.26 Å². The van der Waals surface area contributed by atoms with Crippen molar-refractivity contribution in [2.45, 2.75) is 6.42 Å². The molecule has 0 bridgehead atoms. The molecule has 76 valence electrons. The Morgan fingerprint density at radius 3 is 2.81 bits per heavy atom. The highest BCUT2D eigenvalue weighted by atomic mass is 15.3. The second kappa shape index (κ2) is 4.82. The molecule has 0 atom stereocenters. The van der Waals surface area contributed by atoms with Crippen molar-refractivity contribution in [2.24, 2.45) is 0 Å². The van der Waals surface area contributed by atoms with Crippen LogP contribution < -0.4 is 0 Å². The molecule has 3 heteroatoms. The maximum atomic E-state index is 8.35. The molecule has 2 aromatic rings. The molecule has 0 saturated carbocycles. The van der Waals surface area contributed by atoms with Crippen molar-refractivity contribution < 1.29 is 0 Å². The smallest absolute Gasteiger partial charge is 0.0966 e. The van der Waals surface area contributed by atoms with E-state index in [1.807, 2.05) is 42.6 Å². The van der Waals surface area contributed by atoms with Gasteiger partial charge in [-0.3, -0.25) is 0 Å². The van der Waals surface area contributed by atoms with E-state index in [2.05, 4.69) is 16.9 Å². The van der Waals surface area contributed by atoms with Crippen LogP contribution in [0.15, 0.2) is 42.7 Å². The van der Waals surface area contributed by atoms with Crippen LogP contribution in [-0.4, -0.2) is 9.78 Å². The molecule has 0 spiro atoms. The zero-order valence-electron chi connectivity index (χ0n) is 8.59. The molecule has 0 amide bonds. The first-order chi connectivity index (χ1) is 7.90. The molecule has 0 fully saturated rings. The number of aromatic nitrogens is 2. The van der Waals surface area contributed by atoms with Gasteiger partial charge in [-0.1, -0.05) is 30.0 Å². The molecule has 0 aliphatic carbocycles. The van der Waals surface area contributed by atoms with E-state index < -0.39 is 0 Å². The van der Waals surface area contributed by atoms with Gasteiger partial charge >= 0.3 is 0 Å². The normalized spacial score (nSPS) is 8.94.